The number of ether oxygens (including phenoxy) is 1. The number of nitrogens with one attached hydrogen (secondary N) is 1. The molecule has 2 saturated heterocycles. The molecule has 0 aromatic carbocycles. The first-order valence-electron chi connectivity index (χ1n) is 9.30. The number of aliphatic hydroxyl groups is 1. The smallest absolute Gasteiger partial charge is 0.275 e. The molecule has 2 amide bonds. The zero-order chi connectivity index (χ0) is 21.3. The van der Waals surface area contributed by atoms with Gasteiger partial charge in [0.05, 0.1) is 17.9 Å². The summed E-state index contributed by atoms with van der Waals surface area (Å²) in [5.41, 5.74) is -1.36. The summed E-state index contributed by atoms with van der Waals surface area (Å²) in [5, 5.41) is 26.4. The Balaban J connectivity index is 1.40. The fourth-order valence-corrected chi connectivity index (χ4v) is 3.36. The molecule has 4 heterocycles. The first-order valence-corrected chi connectivity index (χ1v) is 9.30. The number of hydrogen-bond acceptors (Lipinski definition) is 9. The summed E-state index contributed by atoms with van der Waals surface area (Å²) in [5.74, 6) is -0.204. The minimum absolute atomic E-state index is 0.0210. The second-order valence-electron chi connectivity index (χ2n) is 7.14. The van der Waals surface area contributed by atoms with Crippen LogP contribution in [0.2, 0.25) is 0 Å². The highest BCUT2D eigenvalue weighted by atomic mass is 16.5. The minimum Gasteiger partial charge on any atom is -0.375 e. The summed E-state index contributed by atoms with van der Waals surface area (Å²) in [6.45, 7) is 1.39. The molecule has 12 heteroatoms. The van der Waals surface area contributed by atoms with E-state index >= 15 is 0 Å². The van der Waals surface area contributed by atoms with Crippen LogP contribution in [0.25, 0.3) is 0 Å². The van der Waals surface area contributed by atoms with E-state index in [1.807, 2.05) is 0 Å². The standard InChI is InChI=1S/C18H20N8O4/c1-30-10-15(27)24-8-13(9-24)26-7-12(6-21-26)22-17-20-4-2-14(23-17)25-5-3-18(29,11-19)16(25)28/h2,4,6-7,13,29H,3,5,8-10H2,1H3,(H,20,22,23)/t18-/m0/s1. The van der Waals surface area contributed by atoms with Crippen LogP contribution in [0, 0.1) is 11.3 Å². The fourth-order valence-electron chi connectivity index (χ4n) is 3.36. The van der Waals surface area contributed by atoms with Gasteiger partial charge in [-0.2, -0.15) is 15.3 Å². The Kier molecular flexibility index (Phi) is 5.06. The van der Waals surface area contributed by atoms with E-state index in [2.05, 4.69) is 20.4 Å². The number of carbonyl (C=O) groups is 2. The molecule has 2 aliphatic heterocycles. The van der Waals surface area contributed by atoms with Crippen LogP contribution in [0.15, 0.2) is 24.7 Å². The van der Waals surface area contributed by atoms with Crippen LogP contribution in [0.3, 0.4) is 0 Å². The number of nitriles is 1. The van der Waals surface area contributed by atoms with Gasteiger partial charge in [-0.3, -0.25) is 19.2 Å². The van der Waals surface area contributed by atoms with Gasteiger partial charge in [0, 0.05) is 45.6 Å². The Morgan fingerprint density at radius 2 is 2.30 bits per heavy atom. The molecule has 0 unspecified atom stereocenters. The number of methoxy groups -OCH3 is 1. The van der Waals surface area contributed by atoms with Gasteiger partial charge >= 0.3 is 0 Å². The van der Waals surface area contributed by atoms with Gasteiger partial charge in [-0.1, -0.05) is 0 Å². The van der Waals surface area contributed by atoms with Gasteiger partial charge in [0.25, 0.3) is 5.91 Å². The number of aromatic nitrogens is 4. The molecule has 0 saturated carbocycles. The third kappa shape index (κ3) is 3.56. The number of nitrogens with zero attached hydrogens (tertiary/aromatic N) is 7. The Labute approximate surface area is 171 Å². The molecule has 0 spiro atoms. The first kappa shape index (κ1) is 19.7. The maximum Gasteiger partial charge on any atom is 0.275 e. The average Bonchev–Trinajstić information content (AvgIpc) is 3.26. The maximum absolute atomic E-state index is 12.3. The lowest BCUT2D eigenvalue weighted by Crippen LogP contribution is -2.51. The highest BCUT2D eigenvalue weighted by Crippen LogP contribution is 2.27. The van der Waals surface area contributed by atoms with Crippen molar-refractivity contribution in [3.8, 4) is 6.07 Å². The molecule has 12 nitrogen and oxygen atoms in total. The third-order valence-corrected chi connectivity index (χ3v) is 5.11. The molecule has 2 aliphatic rings. The van der Waals surface area contributed by atoms with Crippen molar-refractivity contribution in [3.05, 3.63) is 24.7 Å². The van der Waals surface area contributed by atoms with Crippen LogP contribution < -0.4 is 10.2 Å². The van der Waals surface area contributed by atoms with E-state index in [0.29, 0.717) is 24.6 Å². The van der Waals surface area contributed by atoms with Crippen molar-refractivity contribution in [2.24, 2.45) is 0 Å². The molecule has 4 rings (SSSR count). The molecule has 30 heavy (non-hydrogen) atoms. The number of hydrogen-bond donors (Lipinski definition) is 2. The predicted octanol–water partition coefficient (Wildman–Crippen LogP) is -0.562. The van der Waals surface area contributed by atoms with Gasteiger partial charge in [-0.05, 0) is 6.07 Å². The zero-order valence-corrected chi connectivity index (χ0v) is 16.2. The van der Waals surface area contributed by atoms with E-state index in [1.165, 1.54) is 24.3 Å². The zero-order valence-electron chi connectivity index (χ0n) is 16.2. The van der Waals surface area contributed by atoms with Crippen molar-refractivity contribution in [3.63, 3.8) is 0 Å². The molecule has 2 N–H and O–H groups in total. The largest absolute Gasteiger partial charge is 0.375 e. The molecule has 2 aromatic rings. The summed E-state index contributed by atoms with van der Waals surface area (Å²) in [4.78, 5) is 35.4. The molecule has 0 aliphatic carbocycles. The second-order valence-corrected chi connectivity index (χ2v) is 7.14. The fraction of sp³-hybridized carbons (Fsp3) is 0.444. The van der Waals surface area contributed by atoms with Crippen LogP contribution in [0.5, 0.6) is 0 Å². The highest BCUT2D eigenvalue weighted by Gasteiger charge is 2.46. The first-order chi connectivity index (χ1) is 14.4. The van der Waals surface area contributed by atoms with Crippen molar-refractivity contribution in [2.75, 3.05) is 43.6 Å². The van der Waals surface area contributed by atoms with Crippen LogP contribution in [0.1, 0.15) is 12.5 Å². The Hall–Kier alpha value is -3.56. The van der Waals surface area contributed by atoms with Gasteiger partial charge in [0.15, 0.2) is 0 Å². The lowest BCUT2D eigenvalue weighted by molar-refractivity contribution is -0.141. The lowest BCUT2D eigenvalue weighted by Gasteiger charge is -2.39. The summed E-state index contributed by atoms with van der Waals surface area (Å²) in [6.07, 6.45) is 4.91. The lowest BCUT2D eigenvalue weighted by atomic mass is 10.1. The monoisotopic (exact) mass is 412 g/mol. The Morgan fingerprint density at radius 1 is 1.50 bits per heavy atom. The van der Waals surface area contributed by atoms with E-state index in [-0.39, 0.29) is 37.5 Å². The molecule has 0 bridgehead atoms. The van der Waals surface area contributed by atoms with Crippen molar-refractivity contribution >= 4 is 29.3 Å². The number of carbonyl (C=O) groups excluding carboxylic acids is 2. The Morgan fingerprint density at radius 3 is 3.00 bits per heavy atom. The van der Waals surface area contributed by atoms with Crippen LogP contribution in [-0.2, 0) is 14.3 Å². The molecule has 0 radical (unpaired) electrons. The van der Waals surface area contributed by atoms with Gasteiger partial charge in [-0.15, -0.1) is 0 Å². The summed E-state index contributed by atoms with van der Waals surface area (Å²) >= 11 is 0. The van der Waals surface area contributed by atoms with Crippen LogP contribution in [0.4, 0.5) is 17.5 Å². The van der Waals surface area contributed by atoms with Crippen molar-refractivity contribution in [2.45, 2.75) is 18.1 Å². The number of rotatable bonds is 6. The Bertz CT molecular complexity index is 1010. The van der Waals surface area contributed by atoms with E-state index in [1.54, 1.807) is 28.0 Å². The van der Waals surface area contributed by atoms with Crippen LogP contribution in [-0.4, -0.2) is 80.5 Å². The molecule has 1 atom stereocenters. The number of likely N-dealkylation sites (tertiary alicyclic amines) is 1. The summed E-state index contributed by atoms with van der Waals surface area (Å²) in [6, 6.07) is 3.27. The maximum atomic E-state index is 12.3. The highest BCUT2D eigenvalue weighted by molar-refractivity contribution is 6.03. The minimum atomic E-state index is -2.01. The molecule has 2 fully saturated rings. The van der Waals surface area contributed by atoms with Crippen molar-refractivity contribution < 1.29 is 19.4 Å². The van der Waals surface area contributed by atoms with E-state index in [9.17, 15) is 14.7 Å². The second kappa shape index (κ2) is 7.69. The van der Waals surface area contributed by atoms with Crippen LogP contribution >= 0.6 is 0 Å². The molecule has 156 valence electrons. The predicted molar refractivity (Wildman–Crippen MR) is 103 cm³/mol. The number of anilines is 3. The van der Waals surface area contributed by atoms with Gasteiger partial charge < -0.3 is 20.1 Å². The third-order valence-electron chi connectivity index (χ3n) is 5.11. The van der Waals surface area contributed by atoms with E-state index in [0.717, 1.165) is 0 Å². The number of amides is 2. The molecule has 2 aromatic heterocycles. The van der Waals surface area contributed by atoms with Crippen molar-refractivity contribution in [1.29, 1.82) is 5.26 Å². The van der Waals surface area contributed by atoms with E-state index in [4.69, 9.17) is 10.00 Å². The molecular formula is C18H20N8O4. The SMILES string of the molecule is COCC(=O)N1CC(n2cc(Nc3nccc(N4CC[C@](O)(C#N)C4=O)n3)cn2)C1. The van der Waals surface area contributed by atoms with Gasteiger partial charge in [0.1, 0.15) is 18.5 Å². The van der Waals surface area contributed by atoms with Crippen molar-refractivity contribution in [1.82, 2.24) is 24.6 Å². The van der Waals surface area contributed by atoms with E-state index < -0.39 is 11.5 Å². The summed E-state index contributed by atoms with van der Waals surface area (Å²) < 4.78 is 6.61. The van der Waals surface area contributed by atoms with Gasteiger partial charge in [-0.25, -0.2) is 4.98 Å². The quantitative estimate of drug-likeness (QED) is 0.595. The van der Waals surface area contributed by atoms with Gasteiger partial charge in [0.2, 0.25) is 17.5 Å². The normalized spacial score (nSPS) is 21.4. The molecular weight excluding hydrogens is 392 g/mol. The topological polar surface area (TPSA) is 150 Å². The summed E-state index contributed by atoms with van der Waals surface area (Å²) in [7, 11) is 1.49. The average molecular weight is 412 g/mol.